The number of thioether (sulfide) groups is 1. The van der Waals surface area contributed by atoms with E-state index in [1.807, 2.05) is 6.26 Å². The molecule has 0 saturated heterocycles. The standard InChI is InChI=1S/C10H12ClN5S3/c1-3-4-12-8-13-5-6(11)7(14-8)18-10-16-15-9(17-2)19-10/h5H,3-4H2,1-2H3,(H,12,13,14). The lowest BCUT2D eigenvalue weighted by atomic mass is 10.5. The van der Waals surface area contributed by atoms with Crippen LogP contribution in [0.3, 0.4) is 0 Å². The molecule has 9 heteroatoms. The largest absolute Gasteiger partial charge is 0.354 e. The maximum Gasteiger partial charge on any atom is 0.223 e. The summed E-state index contributed by atoms with van der Waals surface area (Å²) in [5.41, 5.74) is 0. The highest BCUT2D eigenvalue weighted by Gasteiger charge is 2.11. The van der Waals surface area contributed by atoms with Gasteiger partial charge in [0.1, 0.15) is 5.03 Å². The average Bonchev–Trinajstić information content (AvgIpc) is 2.87. The first-order valence-corrected chi connectivity index (χ1v) is 8.78. The van der Waals surface area contributed by atoms with Gasteiger partial charge in [0.25, 0.3) is 0 Å². The van der Waals surface area contributed by atoms with Gasteiger partial charge < -0.3 is 5.32 Å². The number of hydrogen-bond donors (Lipinski definition) is 1. The van der Waals surface area contributed by atoms with Crippen LogP contribution in [0.25, 0.3) is 0 Å². The normalized spacial score (nSPS) is 10.7. The molecule has 0 fully saturated rings. The van der Waals surface area contributed by atoms with Crippen LogP contribution in [0, 0.1) is 0 Å². The molecule has 0 bridgehead atoms. The molecular weight excluding hydrogens is 322 g/mol. The quantitative estimate of drug-likeness (QED) is 0.639. The Balaban J connectivity index is 2.13. The number of nitrogens with zero attached hydrogens (tertiary/aromatic N) is 4. The number of aromatic nitrogens is 4. The van der Waals surface area contributed by atoms with Crippen LogP contribution < -0.4 is 5.32 Å². The molecule has 0 atom stereocenters. The third-order valence-electron chi connectivity index (χ3n) is 1.99. The molecule has 19 heavy (non-hydrogen) atoms. The van der Waals surface area contributed by atoms with E-state index >= 15 is 0 Å². The van der Waals surface area contributed by atoms with Gasteiger partial charge in [-0.3, -0.25) is 0 Å². The van der Waals surface area contributed by atoms with E-state index in [1.54, 1.807) is 18.0 Å². The van der Waals surface area contributed by atoms with E-state index in [2.05, 4.69) is 32.4 Å². The summed E-state index contributed by atoms with van der Waals surface area (Å²) in [6, 6.07) is 0. The van der Waals surface area contributed by atoms with Gasteiger partial charge in [0.05, 0.1) is 11.2 Å². The molecule has 102 valence electrons. The third kappa shape index (κ3) is 4.20. The van der Waals surface area contributed by atoms with Gasteiger partial charge in [0.2, 0.25) is 5.95 Å². The van der Waals surface area contributed by atoms with Crippen LogP contribution >= 0.6 is 46.5 Å². The SMILES string of the molecule is CCCNc1ncc(Cl)c(Sc2nnc(SC)s2)n1. The molecule has 2 aromatic rings. The van der Waals surface area contributed by atoms with Crippen molar-refractivity contribution in [3.8, 4) is 0 Å². The molecule has 0 unspecified atom stereocenters. The fourth-order valence-electron chi connectivity index (χ4n) is 1.15. The Morgan fingerprint density at radius 3 is 2.84 bits per heavy atom. The highest BCUT2D eigenvalue weighted by Crippen LogP contribution is 2.35. The van der Waals surface area contributed by atoms with Gasteiger partial charge in [-0.25, -0.2) is 9.97 Å². The Morgan fingerprint density at radius 2 is 2.16 bits per heavy atom. The van der Waals surface area contributed by atoms with E-state index in [0.29, 0.717) is 16.0 Å². The van der Waals surface area contributed by atoms with Gasteiger partial charge in [-0.15, -0.1) is 10.2 Å². The van der Waals surface area contributed by atoms with Crippen molar-refractivity contribution >= 4 is 52.4 Å². The van der Waals surface area contributed by atoms with E-state index in [-0.39, 0.29) is 0 Å². The summed E-state index contributed by atoms with van der Waals surface area (Å²) < 4.78 is 1.75. The van der Waals surface area contributed by atoms with Crippen LogP contribution in [-0.4, -0.2) is 33.0 Å². The molecule has 0 saturated carbocycles. The van der Waals surface area contributed by atoms with Crippen LogP contribution in [0.4, 0.5) is 5.95 Å². The molecule has 2 aromatic heterocycles. The lowest BCUT2D eigenvalue weighted by molar-refractivity contribution is 0.931. The minimum Gasteiger partial charge on any atom is -0.354 e. The summed E-state index contributed by atoms with van der Waals surface area (Å²) in [4.78, 5) is 8.52. The van der Waals surface area contributed by atoms with Gasteiger partial charge >= 0.3 is 0 Å². The first-order valence-electron chi connectivity index (χ1n) is 5.54. The lowest BCUT2D eigenvalue weighted by Gasteiger charge is -2.05. The van der Waals surface area contributed by atoms with Crippen LogP contribution in [0.2, 0.25) is 5.02 Å². The van der Waals surface area contributed by atoms with E-state index in [4.69, 9.17) is 11.6 Å². The number of rotatable bonds is 6. The van der Waals surface area contributed by atoms with Crippen molar-refractivity contribution in [1.82, 2.24) is 20.2 Å². The highest BCUT2D eigenvalue weighted by atomic mass is 35.5. The van der Waals surface area contributed by atoms with Crippen molar-refractivity contribution < 1.29 is 0 Å². The van der Waals surface area contributed by atoms with E-state index in [1.165, 1.54) is 23.1 Å². The summed E-state index contributed by atoms with van der Waals surface area (Å²) in [5, 5.41) is 12.5. The zero-order chi connectivity index (χ0) is 13.7. The van der Waals surface area contributed by atoms with Crippen molar-refractivity contribution in [2.24, 2.45) is 0 Å². The zero-order valence-corrected chi connectivity index (χ0v) is 13.6. The molecule has 2 rings (SSSR count). The molecule has 0 aliphatic heterocycles. The predicted molar refractivity (Wildman–Crippen MR) is 81.6 cm³/mol. The van der Waals surface area contributed by atoms with Crippen LogP contribution in [0.15, 0.2) is 19.9 Å². The molecule has 0 amide bonds. The van der Waals surface area contributed by atoms with Crippen molar-refractivity contribution in [3.63, 3.8) is 0 Å². The Labute approximate surface area is 129 Å². The molecule has 0 aromatic carbocycles. The second kappa shape index (κ2) is 7.28. The van der Waals surface area contributed by atoms with Crippen molar-refractivity contribution in [3.05, 3.63) is 11.2 Å². The second-order valence-corrected chi connectivity index (χ2v) is 7.09. The smallest absolute Gasteiger partial charge is 0.223 e. The maximum absolute atomic E-state index is 6.10. The van der Waals surface area contributed by atoms with Gasteiger partial charge in [-0.1, -0.05) is 41.6 Å². The summed E-state index contributed by atoms with van der Waals surface area (Å²) in [6.45, 7) is 2.92. The number of nitrogens with one attached hydrogen (secondary N) is 1. The van der Waals surface area contributed by atoms with E-state index < -0.39 is 0 Å². The Morgan fingerprint density at radius 1 is 1.37 bits per heavy atom. The van der Waals surface area contributed by atoms with Crippen molar-refractivity contribution in [2.45, 2.75) is 27.0 Å². The van der Waals surface area contributed by atoms with Crippen LogP contribution in [0.1, 0.15) is 13.3 Å². The first-order chi connectivity index (χ1) is 9.22. The fraction of sp³-hybridized carbons (Fsp3) is 0.400. The Bertz CT molecular complexity index is 548. The molecule has 0 aliphatic rings. The third-order valence-corrected chi connectivity index (χ3v) is 5.33. The minimum atomic E-state index is 0.521. The monoisotopic (exact) mass is 333 g/mol. The lowest BCUT2D eigenvalue weighted by Crippen LogP contribution is -2.04. The molecule has 0 radical (unpaired) electrons. The van der Waals surface area contributed by atoms with Gasteiger partial charge in [-0.05, 0) is 24.4 Å². The van der Waals surface area contributed by atoms with Crippen LogP contribution in [-0.2, 0) is 0 Å². The molecule has 5 nitrogen and oxygen atoms in total. The average molecular weight is 334 g/mol. The fourth-order valence-corrected chi connectivity index (χ4v) is 3.69. The topological polar surface area (TPSA) is 63.6 Å². The number of halogens is 1. The van der Waals surface area contributed by atoms with E-state index in [0.717, 1.165) is 21.6 Å². The molecular formula is C10H12ClN5S3. The Kier molecular flexibility index (Phi) is 5.68. The summed E-state index contributed by atoms with van der Waals surface area (Å²) >= 11 is 10.6. The Hall–Kier alpha value is -0.570. The zero-order valence-electron chi connectivity index (χ0n) is 10.4. The summed E-state index contributed by atoms with van der Waals surface area (Å²) in [7, 11) is 0. The van der Waals surface area contributed by atoms with Crippen LogP contribution in [0.5, 0.6) is 0 Å². The predicted octanol–water partition coefficient (Wildman–Crippen LogP) is 3.68. The highest BCUT2D eigenvalue weighted by molar-refractivity contribution is 8.03. The first kappa shape index (κ1) is 14.8. The summed E-state index contributed by atoms with van der Waals surface area (Å²) in [5.74, 6) is 0.586. The van der Waals surface area contributed by atoms with Gasteiger partial charge in [0.15, 0.2) is 8.68 Å². The number of anilines is 1. The van der Waals surface area contributed by atoms with Crippen molar-refractivity contribution in [1.29, 1.82) is 0 Å². The molecule has 0 aliphatic carbocycles. The van der Waals surface area contributed by atoms with Gasteiger partial charge in [0, 0.05) is 6.54 Å². The molecule has 1 N–H and O–H groups in total. The molecule has 0 spiro atoms. The summed E-state index contributed by atoms with van der Waals surface area (Å²) in [6.07, 6.45) is 4.59. The minimum absolute atomic E-state index is 0.521. The van der Waals surface area contributed by atoms with Crippen molar-refractivity contribution in [2.75, 3.05) is 18.1 Å². The maximum atomic E-state index is 6.10. The molecule has 2 heterocycles. The van der Waals surface area contributed by atoms with E-state index in [9.17, 15) is 0 Å². The van der Waals surface area contributed by atoms with Gasteiger partial charge in [-0.2, -0.15) is 0 Å². The number of hydrogen-bond acceptors (Lipinski definition) is 8. The second-order valence-electron chi connectivity index (χ2n) is 3.41.